The molecule has 3 heterocycles. The number of hydrogen-bond acceptors (Lipinski definition) is 5. The Kier molecular flexibility index (Phi) is 4.28. The Balaban J connectivity index is 1.74. The summed E-state index contributed by atoms with van der Waals surface area (Å²) in [6.45, 7) is 5.33. The SMILES string of the molecule is CCOC[C@H]1C[C@@]2(COCCN2C(=O)c2ccoc2)CO1. The molecule has 2 atom stereocenters. The van der Waals surface area contributed by atoms with E-state index in [9.17, 15) is 4.79 Å². The number of morpholine rings is 1. The molecule has 0 aromatic carbocycles. The molecule has 1 aromatic rings. The normalized spacial score (nSPS) is 29.2. The highest BCUT2D eigenvalue weighted by atomic mass is 16.5. The molecule has 2 saturated heterocycles. The fourth-order valence-corrected chi connectivity index (χ4v) is 3.05. The number of rotatable bonds is 4. The summed E-state index contributed by atoms with van der Waals surface area (Å²) in [5, 5.41) is 0. The van der Waals surface area contributed by atoms with Crippen molar-refractivity contribution < 1.29 is 23.4 Å². The van der Waals surface area contributed by atoms with E-state index in [1.807, 2.05) is 11.8 Å². The summed E-state index contributed by atoms with van der Waals surface area (Å²) in [7, 11) is 0. The van der Waals surface area contributed by atoms with E-state index in [0.29, 0.717) is 45.1 Å². The number of carbonyl (C=O) groups is 1. The molecular weight excluding hydrogens is 274 g/mol. The first-order valence-electron chi connectivity index (χ1n) is 7.36. The van der Waals surface area contributed by atoms with E-state index in [2.05, 4.69) is 0 Å². The lowest BCUT2D eigenvalue weighted by Crippen LogP contribution is -2.59. The number of carbonyl (C=O) groups excluding carboxylic acids is 1. The third-order valence-electron chi connectivity index (χ3n) is 4.12. The summed E-state index contributed by atoms with van der Waals surface area (Å²) in [6, 6.07) is 1.69. The molecule has 6 nitrogen and oxygen atoms in total. The highest BCUT2D eigenvalue weighted by molar-refractivity contribution is 5.94. The molecule has 21 heavy (non-hydrogen) atoms. The van der Waals surface area contributed by atoms with Crippen LogP contribution in [-0.4, -0.2) is 62.0 Å². The van der Waals surface area contributed by atoms with Gasteiger partial charge in [0.2, 0.25) is 0 Å². The van der Waals surface area contributed by atoms with E-state index in [0.717, 1.165) is 6.42 Å². The highest BCUT2D eigenvalue weighted by Crippen LogP contribution is 2.34. The van der Waals surface area contributed by atoms with Crippen LogP contribution in [0.2, 0.25) is 0 Å². The van der Waals surface area contributed by atoms with Crippen LogP contribution in [0.5, 0.6) is 0 Å². The van der Waals surface area contributed by atoms with Crippen LogP contribution < -0.4 is 0 Å². The molecule has 0 aliphatic carbocycles. The summed E-state index contributed by atoms with van der Waals surface area (Å²) in [6.07, 6.45) is 3.77. The summed E-state index contributed by atoms with van der Waals surface area (Å²) >= 11 is 0. The number of hydrogen-bond donors (Lipinski definition) is 0. The molecule has 1 amide bonds. The van der Waals surface area contributed by atoms with Crippen molar-refractivity contribution in [2.24, 2.45) is 0 Å². The lowest BCUT2D eigenvalue weighted by Gasteiger charge is -2.43. The van der Waals surface area contributed by atoms with E-state index in [-0.39, 0.29) is 17.6 Å². The fourth-order valence-electron chi connectivity index (χ4n) is 3.05. The van der Waals surface area contributed by atoms with Crippen LogP contribution >= 0.6 is 0 Å². The van der Waals surface area contributed by atoms with Crippen molar-refractivity contribution in [3.63, 3.8) is 0 Å². The minimum absolute atomic E-state index is 0.0197. The van der Waals surface area contributed by atoms with Crippen molar-refractivity contribution >= 4 is 5.91 Å². The number of nitrogens with zero attached hydrogens (tertiary/aromatic N) is 1. The smallest absolute Gasteiger partial charge is 0.257 e. The molecule has 3 rings (SSSR count). The van der Waals surface area contributed by atoms with Crippen molar-refractivity contribution in [3.05, 3.63) is 24.2 Å². The molecule has 0 bridgehead atoms. The van der Waals surface area contributed by atoms with E-state index < -0.39 is 0 Å². The molecule has 1 spiro atoms. The minimum atomic E-state index is -0.381. The Hall–Kier alpha value is -1.37. The van der Waals surface area contributed by atoms with Crippen molar-refractivity contribution in [2.75, 3.05) is 39.6 Å². The second-order valence-electron chi connectivity index (χ2n) is 5.54. The topological polar surface area (TPSA) is 61.1 Å². The average Bonchev–Trinajstić information content (AvgIpc) is 3.16. The molecular formula is C15H21NO5. The van der Waals surface area contributed by atoms with Crippen molar-refractivity contribution in [1.82, 2.24) is 4.90 Å². The quantitative estimate of drug-likeness (QED) is 0.838. The maximum atomic E-state index is 12.7. The third kappa shape index (κ3) is 2.84. The Morgan fingerprint density at radius 3 is 3.19 bits per heavy atom. The van der Waals surface area contributed by atoms with Crippen LogP contribution in [0.4, 0.5) is 0 Å². The van der Waals surface area contributed by atoms with Gasteiger partial charge in [0.05, 0.1) is 49.9 Å². The number of furan rings is 1. The molecule has 0 unspecified atom stereocenters. The van der Waals surface area contributed by atoms with Crippen molar-refractivity contribution in [2.45, 2.75) is 25.0 Å². The van der Waals surface area contributed by atoms with Crippen molar-refractivity contribution in [1.29, 1.82) is 0 Å². The monoisotopic (exact) mass is 295 g/mol. The Labute approximate surface area is 123 Å². The summed E-state index contributed by atoms with van der Waals surface area (Å²) in [4.78, 5) is 14.5. The second kappa shape index (κ2) is 6.17. The van der Waals surface area contributed by atoms with Crippen LogP contribution in [0.1, 0.15) is 23.7 Å². The molecule has 0 radical (unpaired) electrons. The molecule has 6 heteroatoms. The zero-order valence-corrected chi connectivity index (χ0v) is 12.2. The molecule has 0 N–H and O–H groups in total. The van der Waals surface area contributed by atoms with Gasteiger partial charge in [-0.05, 0) is 13.0 Å². The standard InChI is InChI=1S/C15H21NO5/c1-2-18-9-13-7-15(11-21-13)10-20-6-4-16(15)14(17)12-3-5-19-8-12/h3,5,8,13H,2,4,6-7,9-11H2,1H3/t13-,15-/m1/s1. The molecule has 2 aliphatic heterocycles. The Bertz CT molecular complexity index is 474. The van der Waals surface area contributed by atoms with Crippen LogP contribution in [0, 0.1) is 0 Å². The van der Waals surface area contributed by atoms with Gasteiger partial charge in [-0.1, -0.05) is 0 Å². The van der Waals surface area contributed by atoms with Gasteiger partial charge in [0.15, 0.2) is 0 Å². The molecule has 2 aliphatic rings. The maximum Gasteiger partial charge on any atom is 0.257 e. The largest absolute Gasteiger partial charge is 0.472 e. The van der Waals surface area contributed by atoms with Crippen LogP contribution in [0.15, 0.2) is 23.0 Å². The Morgan fingerprint density at radius 2 is 2.43 bits per heavy atom. The van der Waals surface area contributed by atoms with Gasteiger partial charge in [0, 0.05) is 19.6 Å². The first-order valence-corrected chi connectivity index (χ1v) is 7.36. The highest BCUT2D eigenvalue weighted by Gasteiger charge is 2.49. The van der Waals surface area contributed by atoms with E-state index in [1.54, 1.807) is 6.07 Å². The van der Waals surface area contributed by atoms with Gasteiger partial charge in [0.1, 0.15) is 6.26 Å². The van der Waals surface area contributed by atoms with Crippen molar-refractivity contribution in [3.8, 4) is 0 Å². The number of amides is 1. The second-order valence-corrected chi connectivity index (χ2v) is 5.54. The fraction of sp³-hybridized carbons (Fsp3) is 0.667. The lowest BCUT2D eigenvalue weighted by molar-refractivity contribution is -0.0559. The van der Waals surface area contributed by atoms with Gasteiger partial charge in [-0.3, -0.25) is 4.79 Å². The molecule has 0 saturated carbocycles. The predicted molar refractivity (Wildman–Crippen MR) is 74.1 cm³/mol. The average molecular weight is 295 g/mol. The molecule has 116 valence electrons. The lowest BCUT2D eigenvalue weighted by atomic mass is 9.92. The van der Waals surface area contributed by atoms with Crippen LogP contribution in [0.25, 0.3) is 0 Å². The zero-order valence-electron chi connectivity index (χ0n) is 12.2. The summed E-state index contributed by atoms with van der Waals surface area (Å²) < 4.78 is 21.9. The maximum absolute atomic E-state index is 12.7. The first-order chi connectivity index (χ1) is 10.2. The van der Waals surface area contributed by atoms with Crippen LogP contribution in [0.3, 0.4) is 0 Å². The van der Waals surface area contributed by atoms with Gasteiger partial charge < -0.3 is 23.5 Å². The third-order valence-corrected chi connectivity index (χ3v) is 4.12. The van der Waals surface area contributed by atoms with Gasteiger partial charge in [0.25, 0.3) is 5.91 Å². The van der Waals surface area contributed by atoms with Crippen LogP contribution in [-0.2, 0) is 14.2 Å². The number of ether oxygens (including phenoxy) is 3. The molecule has 2 fully saturated rings. The van der Waals surface area contributed by atoms with Gasteiger partial charge in [-0.25, -0.2) is 0 Å². The summed E-state index contributed by atoms with van der Waals surface area (Å²) in [5.41, 5.74) is 0.193. The first kappa shape index (κ1) is 14.6. The van der Waals surface area contributed by atoms with Gasteiger partial charge in [-0.15, -0.1) is 0 Å². The van der Waals surface area contributed by atoms with Gasteiger partial charge in [-0.2, -0.15) is 0 Å². The Morgan fingerprint density at radius 1 is 1.52 bits per heavy atom. The molecule has 1 aromatic heterocycles. The minimum Gasteiger partial charge on any atom is -0.472 e. The summed E-state index contributed by atoms with van der Waals surface area (Å²) in [5.74, 6) is -0.0206. The zero-order chi connectivity index (χ0) is 14.7. The predicted octanol–water partition coefficient (Wildman–Crippen LogP) is 1.32. The van der Waals surface area contributed by atoms with E-state index in [4.69, 9.17) is 18.6 Å². The van der Waals surface area contributed by atoms with E-state index >= 15 is 0 Å². The van der Waals surface area contributed by atoms with Gasteiger partial charge >= 0.3 is 0 Å². The van der Waals surface area contributed by atoms with E-state index in [1.165, 1.54) is 12.5 Å².